The molecule has 16 heavy (non-hydrogen) atoms. The summed E-state index contributed by atoms with van der Waals surface area (Å²) in [7, 11) is 1.59. The molecule has 0 aromatic carbocycles. The van der Waals surface area contributed by atoms with Gasteiger partial charge in [-0.3, -0.25) is 4.79 Å². The van der Waals surface area contributed by atoms with Gasteiger partial charge < -0.3 is 5.32 Å². The lowest BCUT2D eigenvalue weighted by Gasteiger charge is -2.13. The van der Waals surface area contributed by atoms with Gasteiger partial charge in [-0.15, -0.1) is 0 Å². The van der Waals surface area contributed by atoms with Crippen LogP contribution in [0.15, 0.2) is 11.0 Å². The van der Waals surface area contributed by atoms with E-state index in [0.717, 1.165) is 12.5 Å². The molecule has 0 spiro atoms. The molecule has 1 atom stereocenters. The zero-order chi connectivity index (χ0) is 11.7. The second kappa shape index (κ2) is 4.45. The van der Waals surface area contributed by atoms with Crippen molar-refractivity contribution in [1.82, 2.24) is 9.78 Å². The van der Waals surface area contributed by atoms with Crippen LogP contribution in [-0.4, -0.2) is 16.3 Å². The highest BCUT2D eigenvalue weighted by atomic mass is 35.5. The predicted octanol–water partition coefficient (Wildman–Crippen LogP) is 1.89. The van der Waals surface area contributed by atoms with E-state index in [0.29, 0.717) is 11.6 Å². The van der Waals surface area contributed by atoms with E-state index >= 15 is 0 Å². The molecule has 1 aromatic rings. The lowest BCUT2D eigenvalue weighted by molar-refractivity contribution is 0.536. The summed E-state index contributed by atoms with van der Waals surface area (Å²) in [6.45, 7) is 3.06. The lowest BCUT2D eigenvalue weighted by Crippen LogP contribution is -2.22. The Kier molecular flexibility index (Phi) is 3.19. The number of hydrogen-bond donors (Lipinski definition) is 1. The molecular formula is C11H16ClN3O. The van der Waals surface area contributed by atoms with E-state index in [9.17, 15) is 4.79 Å². The van der Waals surface area contributed by atoms with Crippen molar-refractivity contribution in [2.24, 2.45) is 18.9 Å². The van der Waals surface area contributed by atoms with E-state index in [4.69, 9.17) is 11.6 Å². The average molecular weight is 242 g/mol. The van der Waals surface area contributed by atoms with Gasteiger partial charge in [0.15, 0.2) is 0 Å². The first-order chi connectivity index (χ1) is 7.59. The maximum atomic E-state index is 11.5. The van der Waals surface area contributed by atoms with Crippen LogP contribution in [0.4, 0.5) is 5.69 Å². The van der Waals surface area contributed by atoms with Gasteiger partial charge in [0.1, 0.15) is 5.02 Å². The van der Waals surface area contributed by atoms with Crippen molar-refractivity contribution in [1.29, 1.82) is 0 Å². The SMILES string of the molecule is CC(CNc1cnn(C)c(=O)c1Cl)C1CC1. The molecule has 88 valence electrons. The molecule has 2 rings (SSSR count). The minimum Gasteiger partial charge on any atom is -0.382 e. The van der Waals surface area contributed by atoms with Crippen molar-refractivity contribution >= 4 is 17.3 Å². The van der Waals surface area contributed by atoms with Crippen LogP contribution in [0.2, 0.25) is 5.02 Å². The Hall–Kier alpha value is -1.03. The summed E-state index contributed by atoms with van der Waals surface area (Å²) in [6.07, 6.45) is 4.25. The van der Waals surface area contributed by atoms with Gasteiger partial charge in [0.2, 0.25) is 0 Å². The molecule has 1 N–H and O–H groups in total. The molecule has 1 fully saturated rings. The summed E-state index contributed by atoms with van der Waals surface area (Å²) in [6, 6.07) is 0. The van der Waals surface area contributed by atoms with Gasteiger partial charge in [-0.1, -0.05) is 18.5 Å². The highest BCUT2D eigenvalue weighted by Gasteiger charge is 2.27. The van der Waals surface area contributed by atoms with E-state index in [1.54, 1.807) is 13.2 Å². The van der Waals surface area contributed by atoms with Crippen molar-refractivity contribution < 1.29 is 0 Å². The Bertz CT molecular complexity index is 439. The van der Waals surface area contributed by atoms with Gasteiger partial charge in [-0.2, -0.15) is 5.10 Å². The third-order valence-corrected chi connectivity index (χ3v) is 3.48. The number of hydrogen-bond acceptors (Lipinski definition) is 3. The molecule has 0 amide bonds. The summed E-state index contributed by atoms with van der Waals surface area (Å²) in [5.74, 6) is 1.46. The fourth-order valence-corrected chi connectivity index (χ4v) is 1.97. The summed E-state index contributed by atoms with van der Waals surface area (Å²) < 4.78 is 1.23. The second-order valence-electron chi connectivity index (χ2n) is 4.50. The highest BCUT2D eigenvalue weighted by Crippen LogP contribution is 2.36. The number of aryl methyl sites for hydroxylation is 1. The number of aromatic nitrogens is 2. The molecule has 1 saturated carbocycles. The molecule has 5 heteroatoms. The maximum absolute atomic E-state index is 11.5. The van der Waals surface area contributed by atoms with Crippen molar-refractivity contribution in [3.05, 3.63) is 21.6 Å². The highest BCUT2D eigenvalue weighted by molar-refractivity contribution is 6.32. The molecule has 0 bridgehead atoms. The van der Waals surface area contributed by atoms with Crippen molar-refractivity contribution in [3.8, 4) is 0 Å². The summed E-state index contributed by atoms with van der Waals surface area (Å²) >= 11 is 5.94. The van der Waals surface area contributed by atoms with Crippen molar-refractivity contribution in [3.63, 3.8) is 0 Å². The fraction of sp³-hybridized carbons (Fsp3) is 0.636. The van der Waals surface area contributed by atoms with Crippen LogP contribution in [-0.2, 0) is 7.05 Å². The van der Waals surface area contributed by atoms with Gasteiger partial charge in [0.25, 0.3) is 5.56 Å². The van der Waals surface area contributed by atoms with Crippen LogP contribution in [0.3, 0.4) is 0 Å². The lowest BCUT2D eigenvalue weighted by atomic mass is 10.1. The fourth-order valence-electron chi connectivity index (χ4n) is 1.74. The Morgan fingerprint density at radius 1 is 1.69 bits per heavy atom. The van der Waals surface area contributed by atoms with E-state index in [1.807, 2.05) is 0 Å². The Morgan fingerprint density at radius 3 is 3.00 bits per heavy atom. The molecule has 0 aliphatic heterocycles. The summed E-state index contributed by atoms with van der Waals surface area (Å²) in [4.78, 5) is 11.5. The van der Waals surface area contributed by atoms with Gasteiger partial charge in [0, 0.05) is 13.6 Å². The van der Waals surface area contributed by atoms with Crippen LogP contribution < -0.4 is 10.9 Å². The van der Waals surface area contributed by atoms with Crippen LogP contribution in [0, 0.1) is 11.8 Å². The molecule has 1 aromatic heterocycles. The summed E-state index contributed by atoms with van der Waals surface area (Å²) in [5.41, 5.74) is 0.378. The first-order valence-electron chi connectivity index (χ1n) is 5.55. The van der Waals surface area contributed by atoms with Crippen LogP contribution in [0.25, 0.3) is 0 Å². The molecular weight excluding hydrogens is 226 g/mol. The second-order valence-corrected chi connectivity index (χ2v) is 4.87. The smallest absolute Gasteiger partial charge is 0.287 e. The quantitative estimate of drug-likeness (QED) is 0.876. The first-order valence-corrected chi connectivity index (χ1v) is 5.93. The number of nitrogens with zero attached hydrogens (tertiary/aromatic N) is 2. The largest absolute Gasteiger partial charge is 0.382 e. The molecule has 1 aliphatic rings. The number of rotatable bonds is 4. The van der Waals surface area contributed by atoms with Gasteiger partial charge in [0.05, 0.1) is 11.9 Å². The standard InChI is InChI=1S/C11H16ClN3O/c1-7(8-3-4-8)5-13-9-6-14-15(2)11(16)10(9)12/h6-8,13H,3-5H2,1-2H3. The third kappa shape index (κ3) is 2.38. The van der Waals surface area contributed by atoms with E-state index < -0.39 is 0 Å². The minimum atomic E-state index is -0.259. The van der Waals surface area contributed by atoms with Crippen LogP contribution in [0.5, 0.6) is 0 Å². The molecule has 0 radical (unpaired) electrons. The average Bonchev–Trinajstić information content (AvgIpc) is 3.08. The van der Waals surface area contributed by atoms with Gasteiger partial charge in [-0.25, -0.2) is 4.68 Å². The van der Waals surface area contributed by atoms with E-state index in [-0.39, 0.29) is 10.6 Å². The van der Waals surface area contributed by atoms with Gasteiger partial charge >= 0.3 is 0 Å². The monoisotopic (exact) mass is 241 g/mol. The van der Waals surface area contributed by atoms with Gasteiger partial charge in [-0.05, 0) is 24.7 Å². The van der Waals surface area contributed by atoms with Crippen molar-refractivity contribution in [2.45, 2.75) is 19.8 Å². The normalized spacial score (nSPS) is 17.2. The number of anilines is 1. The molecule has 1 aliphatic carbocycles. The van der Waals surface area contributed by atoms with E-state index in [2.05, 4.69) is 17.3 Å². The van der Waals surface area contributed by atoms with Crippen molar-refractivity contribution in [2.75, 3.05) is 11.9 Å². The summed E-state index contributed by atoms with van der Waals surface area (Å²) in [5, 5.41) is 7.35. The molecule has 1 heterocycles. The Morgan fingerprint density at radius 2 is 2.38 bits per heavy atom. The Labute approximate surface area is 99.6 Å². The predicted molar refractivity (Wildman–Crippen MR) is 64.9 cm³/mol. The first kappa shape index (κ1) is 11.5. The zero-order valence-electron chi connectivity index (χ0n) is 9.53. The van der Waals surface area contributed by atoms with E-state index in [1.165, 1.54) is 17.5 Å². The third-order valence-electron chi connectivity index (χ3n) is 3.12. The molecule has 1 unspecified atom stereocenters. The van der Waals surface area contributed by atoms with Crippen LogP contribution in [0.1, 0.15) is 19.8 Å². The molecule has 4 nitrogen and oxygen atoms in total. The number of halogens is 1. The Balaban J connectivity index is 2.03. The number of nitrogens with one attached hydrogen (secondary N) is 1. The maximum Gasteiger partial charge on any atom is 0.287 e. The minimum absolute atomic E-state index is 0.223. The molecule has 0 saturated heterocycles. The van der Waals surface area contributed by atoms with Crippen LogP contribution >= 0.6 is 11.6 Å². The zero-order valence-corrected chi connectivity index (χ0v) is 10.3. The topological polar surface area (TPSA) is 46.9 Å².